The Morgan fingerprint density at radius 1 is 1.25 bits per heavy atom. The maximum absolute atomic E-state index is 11.5. The molecule has 0 heterocycles. The van der Waals surface area contributed by atoms with Gasteiger partial charge in [0.2, 0.25) is 5.91 Å². The van der Waals surface area contributed by atoms with Crippen LogP contribution in [-0.2, 0) is 4.79 Å². The highest BCUT2D eigenvalue weighted by atomic mass is 16.2. The van der Waals surface area contributed by atoms with Gasteiger partial charge in [0.1, 0.15) is 0 Å². The maximum atomic E-state index is 11.5. The van der Waals surface area contributed by atoms with E-state index in [0.29, 0.717) is 13.1 Å². The molecular weight excluding hydrogens is 198 g/mol. The first-order valence-electron chi connectivity index (χ1n) is 5.43. The minimum atomic E-state index is -0.0434. The SMILES string of the molecule is C=CC(=O)N(C/C=C\C)C/C=C/CC(=C)C. The second kappa shape index (κ2) is 8.72. The second-order valence-electron chi connectivity index (χ2n) is 3.65. The Morgan fingerprint density at radius 2 is 1.88 bits per heavy atom. The van der Waals surface area contributed by atoms with Crippen LogP contribution in [0, 0.1) is 0 Å². The number of nitrogens with zero attached hydrogens (tertiary/aromatic N) is 1. The Kier molecular flexibility index (Phi) is 7.86. The van der Waals surface area contributed by atoms with E-state index in [1.165, 1.54) is 6.08 Å². The Morgan fingerprint density at radius 3 is 2.38 bits per heavy atom. The third-order valence-corrected chi connectivity index (χ3v) is 2.01. The van der Waals surface area contributed by atoms with Crippen LogP contribution in [0.3, 0.4) is 0 Å². The Balaban J connectivity index is 4.20. The van der Waals surface area contributed by atoms with Gasteiger partial charge in [-0.2, -0.15) is 0 Å². The fraction of sp³-hybridized carbons (Fsp3) is 0.357. The maximum Gasteiger partial charge on any atom is 0.246 e. The highest BCUT2D eigenvalue weighted by molar-refractivity contribution is 5.87. The molecule has 0 atom stereocenters. The molecule has 0 spiro atoms. The summed E-state index contributed by atoms with van der Waals surface area (Å²) in [6.45, 7) is 12.5. The predicted molar refractivity (Wildman–Crippen MR) is 70.2 cm³/mol. The molecule has 0 aliphatic heterocycles. The molecule has 0 bridgehead atoms. The summed E-state index contributed by atoms with van der Waals surface area (Å²) in [5.41, 5.74) is 1.12. The van der Waals surface area contributed by atoms with Crippen molar-refractivity contribution in [2.75, 3.05) is 13.1 Å². The minimum absolute atomic E-state index is 0.0434. The van der Waals surface area contributed by atoms with Gasteiger partial charge in [-0.25, -0.2) is 0 Å². The average molecular weight is 219 g/mol. The van der Waals surface area contributed by atoms with Gasteiger partial charge in [-0.1, -0.05) is 43.0 Å². The molecule has 1 amide bonds. The summed E-state index contributed by atoms with van der Waals surface area (Å²) in [5.74, 6) is -0.0434. The van der Waals surface area contributed by atoms with Crippen LogP contribution in [0.4, 0.5) is 0 Å². The molecule has 0 saturated carbocycles. The molecule has 88 valence electrons. The van der Waals surface area contributed by atoms with Crippen molar-refractivity contribution < 1.29 is 4.79 Å². The molecular formula is C14H21NO. The van der Waals surface area contributed by atoms with Gasteiger partial charge in [0.25, 0.3) is 0 Å². The zero-order valence-electron chi connectivity index (χ0n) is 10.3. The third-order valence-electron chi connectivity index (χ3n) is 2.01. The molecule has 0 aromatic rings. The number of hydrogen-bond acceptors (Lipinski definition) is 1. The van der Waals surface area contributed by atoms with E-state index in [1.54, 1.807) is 4.90 Å². The van der Waals surface area contributed by atoms with E-state index in [9.17, 15) is 4.79 Å². The van der Waals surface area contributed by atoms with Gasteiger partial charge in [0, 0.05) is 13.1 Å². The molecule has 0 aliphatic carbocycles. The lowest BCUT2D eigenvalue weighted by atomic mass is 10.2. The van der Waals surface area contributed by atoms with Crippen molar-refractivity contribution in [3.8, 4) is 0 Å². The summed E-state index contributed by atoms with van der Waals surface area (Å²) in [5, 5.41) is 0. The summed E-state index contributed by atoms with van der Waals surface area (Å²) >= 11 is 0. The molecule has 0 radical (unpaired) electrons. The van der Waals surface area contributed by atoms with Crippen molar-refractivity contribution >= 4 is 5.91 Å². The van der Waals surface area contributed by atoms with Gasteiger partial charge in [-0.3, -0.25) is 4.79 Å². The number of allylic oxidation sites excluding steroid dienone is 3. The second-order valence-corrected chi connectivity index (χ2v) is 3.65. The molecule has 0 saturated heterocycles. The van der Waals surface area contributed by atoms with Crippen LogP contribution in [0.25, 0.3) is 0 Å². The Labute approximate surface area is 98.6 Å². The number of carbonyl (C=O) groups excluding carboxylic acids is 1. The molecule has 16 heavy (non-hydrogen) atoms. The fourth-order valence-electron chi connectivity index (χ4n) is 1.10. The first kappa shape index (κ1) is 14.4. The molecule has 0 N–H and O–H groups in total. The van der Waals surface area contributed by atoms with Crippen molar-refractivity contribution in [3.63, 3.8) is 0 Å². The van der Waals surface area contributed by atoms with Crippen molar-refractivity contribution in [1.82, 2.24) is 4.90 Å². The molecule has 0 rings (SSSR count). The average Bonchev–Trinajstić information content (AvgIpc) is 2.26. The summed E-state index contributed by atoms with van der Waals surface area (Å²) in [4.78, 5) is 13.2. The molecule has 0 fully saturated rings. The number of rotatable bonds is 7. The zero-order chi connectivity index (χ0) is 12.4. The van der Waals surface area contributed by atoms with Gasteiger partial charge in [-0.15, -0.1) is 0 Å². The van der Waals surface area contributed by atoms with Crippen molar-refractivity contribution in [3.05, 3.63) is 49.1 Å². The third kappa shape index (κ3) is 6.82. The lowest BCUT2D eigenvalue weighted by Crippen LogP contribution is -2.29. The van der Waals surface area contributed by atoms with Gasteiger partial charge < -0.3 is 4.90 Å². The highest BCUT2D eigenvalue weighted by Crippen LogP contribution is 1.98. The van der Waals surface area contributed by atoms with Gasteiger partial charge in [-0.05, 0) is 26.3 Å². The van der Waals surface area contributed by atoms with E-state index in [2.05, 4.69) is 13.2 Å². The van der Waals surface area contributed by atoms with Crippen LogP contribution in [-0.4, -0.2) is 23.9 Å². The number of hydrogen-bond donors (Lipinski definition) is 0. The Hall–Kier alpha value is -1.57. The van der Waals surface area contributed by atoms with Crippen LogP contribution in [0.15, 0.2) is 49.1 Å². The molecule has 0 aromatic heterocycles. The number of amides is 1. The van der Waals surface area contributed by atoms with E-state index < -0.39 is 0 Å². The van der Waals surface area contributed by atoms with Crippen molar-refractivity contribution in [1.29, 1.82) is 0 Å². The summed E-state index contributed by atoms with van der Waals surface area (Å²) in [7, 11) is 0. The van der Waals surface area contributed by atoms with E-state index in [0.717, 1.165) is 12.0 Å². The number of carbonyl (C=O) groups is 1. The quantitative estimate of drug-likeness (QED) is 0.476. The topological polar surface area (TPSA) is 20.3 Å². The van der Waals surface area contributed by atoms with Crippen LogP contribution >= 0.6 is 0 Å². The lowest BCUT2D eigenvalue weighted by molar-refractivity contribution is -0.125. The van der Waals surface area contributed by atoms with Crippen molar-refractivity contribution in [2.24, 2.45) is 0 Å². The largest absolute Gasteiger partial charge is 0.332 e. The minimum Gasteiger partial charge on any atom is -0.332 e. The van der Waals surface area contributed by atoms with E-state index >= 15 is 0 Å². The smallest absolute Gasteiger partial charge is 0.246 e. The standard InChI is InChI=1S/C14H21NO/c1-5-7-11-15(14(16)6-2)12-9-8-10-13(3)4/h5-9H,2-3,10-12H2,1,4H3/b7-5-,9-8+. The normalized spacial score (nSPS) is 10.9. The molecule has 2 heteroatoms. The monoisotopic (exact) mass is 219 g/mol. The fourth-order valence-corrected chi connectivity index (χ4v) is 1.10. The highest BCUT2D eigenvalue weighted by Gasteiger charge is 2.05. The van der Waals surface area contributed by atoms with E-state index in [-0.39, 0.29) is 5.91 Å². The lowest BCUT2D eigenvalue weighted by Gasteiger charge is -2.17. The molecule has 0 unspecified atom stereocenters. The Bertz CT molecular complexity index is 300. The van der Waals surface area contributed by atoms with Crippen LogP contribution in [0.2, 0.25) is 0 Å². The predicted octanol–water partition coefficient (Wildman–Crippen LogP) is 3.10. The van der Waals surface area contributed by atoms with E-state index in [1.807, 2.05) is 38.2 Å². The van der Waals surface area contributed by atoms with Crippen LogP contribution in [0.5, 0.6) is 0 Å². The van der Waals surface area contributed by atoms with E-state index in [4.69, 9.17) is 0 Å². The first-order chi connectivity index (χ1) is 7.61. The molecule has 2 nitrogen and oxygen atoms in total. The summed E-state index contributed by atoms with van der Waals surface area (Å²) < 4.78 is 0. The molecule has 0 aromatic carbocycles. The summed E-state index contributed by atoms with van der Waals surface area (Å²) in [6.07, 6.45) is 10.1. The first-order valence-corrected chi connectivity index (χ1v) is 5.43. The van der Waals surface area contributed by atoms with Crippen LogP contribution < -0.4 is 0 Å². The van der Waals surface area contributed by atoms with Crippen molar-refractivity contribution in [2.45, 2.75) is 20.3 Å². The molecule has 0 aliphatic rings. The summed E-state index contributed by atoms with van der Waals surface area (Å²) in [6, 6.07) is 0. The van der Waals surface area contributed by atoms with Gasteiger partial charge in [0.15, 0.2) is 0 Å². The van der Waals surface area contributed by atoms with Gasteiger partial charge >= 0.3 is 0 Å². The van der Waals surface area contributed by atoms with Gasteiger partial charge in [0.05, 0.1) is 0 Å². The van der Waals surface area contributed by atoms with Crippen LogP contribution in [0.1, 0.15) is 20.3 Å². The zero-order valence-corrected chi connectivity index (χ0v) is 10.3.